The van der Waals surface area contributed by atoms with Crippen molar-refractivity contribution in [3.63, 3.8) is 0 Å². The molecule has 2 atom stereocenters. The highest BCUT2D eigenvalue weighted by Gasteiger charge is 2.27. The molecule has 0 aliphatic carbocycles. The van der Waals surface area contributed by atoms with E-state index in [-0.39, 0.29) is 6.10 Å². The Labute approximate surface area is 162 Å². The lowest BCUT2D eigenvalue weighted by molar-refractivity contribution is -0.0265. The SMILES string of the molecule is CN=C(NCCc1ccccn1)NCC1CCCOC1c1ccc(C)cc1. The van der Waals surface area contributed by atoms with E-state index in [2.05, 4.69) is 51.8 Å². The van der Waals surface area contributed by atoms with Crippen LogP contribution >= 0.6 is 0 Å². The quantitative estimate of drug-likeness (QED) is 0.609. The maximum Gasteiger partial charge on any atom is 0.191 e. The molecular weight excluding hydrogens is 336 g/mol. The monoisotopic (exact) mass is 366 g/mol. The van der Waals surface area contributed by atoms with Crippen molar-refractivity contribution < 1.29 is 4.74 Å². The number of nitrogens with zero attached hydrogens (tertiary/aromatic N) is 2. The summed E-state index contributed by atoms with van der Waals surface area (Å²) < 4.78 is 6.11. The Morgan fingerprint density at radius 1 is 1.19 bits per heavy atom. The van der Waals surface area contributed by atoms with Gasteiger partial charge in [-0.1, -0.05) is 35.9 Å². The Hall–Kier alpha value is -2.40. The van der Waals surface area contributed by atoms with E-state index >= 15 is 0 Å². The molecule has 2 unspecified atom stereocenters. The first-order valence-corrected chi connectivity index (χ1v) is 9.79. The number of aryl methyl sites for hydroxylation is 1. The smallest absolute Gasteiger partial charge is 0.191 e. The van der Waals surface area contributed by atoms with E-state index in [1.165, 1.54) is 11.1 Å². The zero-order valence-electron chi connectivity index (χ0n) is 16.3. The van der Waals surface area contributed by atoms with E-state index < -0.39 is 0 Å². The molecule has 1 saturated heterocycles. The maximum absolute atomic E-state index is 6.11. The Morgan fingerprint density at radius 2 is 2.04 bits per heavy atom. The fraction of sp³-hybridized carbons (Fsp3) is 0.455. The van der Waals surface area contributed by atoms with Gasteiger partial charge in [-0.15, -0.1) is 0 Å². The van der Waals surface area contributed by atoms with Crippen molar-refractivity contribution in [3.8, 4) is 0 Å². The van der Waals surface area contributed by atoms with Crippen LogP contribution in [0.2, 0.25) is 0 Å². The minimum atomic E-state index is 0.151. The molecule has 3 rings (SSSR count). The Balaban J connectivity index is 1.50. The molecule has 144 valence electrons. The normalized spacial score (nSPS) is 20.3. The average molecular weight is 367 g/mol. The summed E-state index contributed by atoms with van der Waals surface area (Å²) in [5, 5.41) is 6.85. The first kappa shape index (κ1) is 19.4. The van der Waals surface area contributed by atoms with Gasteiger partial charge in [0.05, 0.1) is 6.10 Å². The van der Waals surface area contributed by atoms with Gasteiger partial charge in [0, 0.05) is 51.0 Å². The number of pyridine rings is 1. The third kappa shape index (κ3) is 5.79. The highest BCUT2D eigenvalue weighted by atomic mass is 16.5. The fourth-order valence-corrected chi connectivity index (χ4v) is 3.48. The number of guanidine groups is 1. The molecule has 2 aromatic rings. The largest absolute Gasteiger partial charge is 0.373 e. The van der Waals surface area contributed by atoms with Crippen LogP contribution < -0.4 is 10.6 Å². The lowest BCUT2D eigenvalue weighted by Gasteiger charge is -2.32. The molecule has 1 aliphatic heterocycles. The van der Waals surface area contributed by atoms with Crippen LogP contribution in [-0.2, 0) is 11.2 Å². The summed E-state index contributed by atoms with van der Waals surface area (Å²) in [6.45, 7) is 4.61. The third-order valence-corrected chi connectivity index (χ3v) is 5.01. The molecule has 0 saturated carbocycles. The van der Waals surface area contributed by atoms with Crippen LogP contribution in [0.4, 0.5) is 0 Å². The minimum Gasteiger partial charge on any atom is -0.373 e. The van der Waals surface area contributed by atoms with Crippen LogP contribution in [0.5, 0.6) is 0 Å². The van der Waals surface area contributed by atoms with Crippen LogP contribution in [0.3, 0.4) is 0 Å². The molecule has 0 spiro atoms. The maximum atomic E-state index is 6.11. The van der Waals surface area contributed by atoms with Crippen LogP contribution in [0.25, 0.3) is 0 Å². The Kier molecular flexibility index (Phi) is 7.22. The summed E-state index contributed by atoms with van der Waals surface area (Å²) in [7, 11) is 1.81. The number of ether oxygens (including phenoxy) is 1. The van der Waals surface area contributed by atoms with Gasteiger partial charge in [0.15, 0.2) is 5.96 Å². The highest BCUT2D eigenvalue weighted by Crippen LogP contribution is 2.33. The van der Waals surface area contributed by atoms with E-state index in [0.717, 1.165) is 50.6 Å². The number of nitrogens with one attached hydrogen (secondary N) is 2. The summed E-state index contributed by atoms with van der Waals surface area (Å²) in [6, 6.07) is 14.7. The predicted octanol–water partition coefficient (Wildman–Crippen LogP) is 3.27. The van der Waals surface area contributed by atoms with Gasteiger partial charge in [0.1, 0.15) is 0 Å². The number of rotatable bonds is 6. The van der Waals surface area contributed by atoms with Gasteiger partial charge in [-0.25, -0.2) is 0 Å². The first-order valence-electron chi connectivity index (χ1n) is 9.79. The molecule has 5 heteroatoms. The summed E-state index contributed by atoms with van der Waals surface area (Å²) in [6.07, 6.45) is 5.13. The van der Waals surface area contributed by atoms with Gasteiger partial charge in [-0.2, -0.15) is 0 Å². The van der Waals surface area contributed by atoms with Crippen LogP contribution in [0.1, 0.15) is 35.8 Å². The van der Waals surface area contributed by atoms with Crippen molar-refractivity contribution in [2.45, 2.75) is 32.3 Å². The zero-order chi connectivity index (χ0) is 18.9. The van der Waals surface area contributed by atoms with Crippen LogP contribution in [0.15, 0.2) is 53.7 Å². The second-order valence-electron chi connectivity index (χ2n) is 7.06. The molecule has 5 nitrogen and oxygen atoms in total. The molecular formula is C22H30N4O. The Bertz CT molecular complexity index is 715. The molecule has 1 fully saturated rings. The van der Waals surface area contributed by atoms with Gasteiger partial charge in [-0.05, 0) is 37.5 Å². The summed E-state index contributed by atoms with van der Waals surface area (Å²) in [4.78, 5) is 8.70. The van der Waals surface area contributed by atoms with Crippen molar-refractivity contribution in [2.24, 2.45) is 10.9 Å². The van der Waals surface area contributed by atoms with Gasteiger partial charge in [0.25, 0.3) is 0 Å². The van der Waals surface area contributed by atoms with Crippen LogP contribution in [-0.4, -0.2) is 37.7 Å². The number of aromatic nitrogens is 1. The fourth-order valence-electron chi connectivity index (χ4n) is 3.48. The molecule has 27 heavy (non-hydrogen) atoms. The number of hydrogen-bond acceptors (Lipinski definition) is 3. The molecule has 1 aliphatic rings. The summed E-state index contributed by atoms with van der Waals surface area (Å²) in [5.74, 6) is 1.27. The molecule has 0 radical (unpaired) electrons. The van der Waals surface area contributed by atoms with Crippen molar-refractivity contribution in [3.05, 3.63) is 65.5 Å². The molecule has 1 aromatic heterocycles. The van der Waals surface area contributed by atoms with Crippen molar-refractivity contribution in [1.29, 1.82) is 0 Å². The van der Waals surface area contributed by atoms with E-state index in [4.69, 9.17) is 4.74 Å². The number of hydrogen-bond donors (Lipinski definition) is 2. The van der Waals surface area contributed by atoms with Crippen molar-refractivity contribution in [1.82, 2.24) is 15.6 Å². The summed E-state index contributed by atoms with van der Waals surface area (Å²) in [5.41, 5.74) is 3.63. The number of benzene rings is 1. The van der Waals surface area contributed by atoms with E-state index in [1.54, 1.807) is 0 Å². The summed E-state index contributed by atoms with van der Waals surface area (Å²) >= 11 is 0. The van der Waals surface area contributed by atoms with Crippen LogP contribution in [0, 0.1) is 12.8 Å². The standard InChI is InChI=1S/C22H30N4O/c1-17-8-10-18(11-9-17)21-19(6-5-15-27-21)16-26-22(23-2)25-14-12-20-7-3-4-13-24-20/h3-4,7-11,13,19,21H,5-6,12,14-16H2,1-2H3,(H2,23,25,26). The van der Waals surface area contributed by atoms with E-state index in [1.807, 2.05) is 31.4 Å². The van der Waals surface area contributed by atoms with E-state index in [9.17, 15) is 0 Å². The molecule has 1 aromatic carbocycles. The molecule has 2 heterocycles. The second-order valence-corrected chi connectivity index (χ2v) is 7.06. The molecule has 2 N–H and O–H groups in total. The zero-order valence-corrected chi connectivity index (χ0v) is 16.3. The topological polar surface area (TPSA) is 58.5 Å². The lowest BCUT2D eigenvalue weighted by Crippen LogP contribution is -2.42. The first-order chi connectivity index (χ1) is 13.3. The van der Waals surface area contributed by atoms with E-state index in [0.29, 0.717) is 5.92 Å². The predicted molar refractivity (Wildman–Crippen MR) is 110 cm³/mol. The highest BCUT2D eigenvalue weighted by molar-refractivity contribution is 5.79. The average Bonchev–Trinajstić information content (AvgIpc) is 2.72. The minimum absolute atomic E-state index is 0.151. The van der Waals surface area contributed by atoms with Gasteiger partial charge in [0.2, 0.25) is 0 Å². The van der Waals surface area contributed by atoms with Gasteiger partial charge in [-0.3, -0.25) is 9.98 Å². The van der Waals surface area contributed by atoms with Gasteiger partial charge < -0.3 is 15.4 Å². The van der Waals surface area contributed by atoms with Crippen molar-refractivity contribution in [2.75, 3.05) is 26.7 Å². The Morgan fingerprint density at radius 3 is 2.78 bits per heavy atom. The van der Waals surface area contributed by atoms with Gasteiger partial charge >= 0.3 is 0 Å². The number of aliphatic imine (C=N–C) groups is 1. The second kappa shape index (κ2) is 10.1. The lowest BCUT2D eigenvalue weighted by atomic mass is 9.89. The third-order valence-electron chi connectivity index (χ3n) is 5.01. The molecule has 0 bridgehead atoms. The van der Waals surface area contributed by atoms with Crippen molar-refractivity contribution >= 4 is 5.96 Å². The molecule has 0 amide bonds.